The third-order valence-corrected chi connectivity index (χ3v) is 3.83. The Morgan fingerprint density at radius 1 is 1.14 bits per heavy atom. The van der Waals surface area contributed by atoms with Crippen molar-refractivity contribution >= 4 is 17.6 Å². The quantitative estimate of drug-likeness (QED) is 0.791. The number of anilines is 1. The van der Waals surface area contributed by atoms with Crippen LogP contribution in [0.4, 0.5) is 15.8 Å². The Bertz CT molecular complexity index is 679. The van der Waals surface area contributed by atoms with Gasteiger partial charge in [-0.3, -0.25) is 4.99 Å². The van der Waals surface area contributed by atoms with E-state index in [9.17, 15) is 4.39 Å². The van der Waals surface area contributed by atoms with Gasteiger partial charge in [0.25, 0.3) is 0 Å². The molecule has 4 heteroatoms. The number of aliphatic imine (C=N–C) groups is 1. The second-order valence-corrected chi connectivity index (χ2v) is 5.36. The van der Waals surface area contributed by atoms with Gasteiger partial charge in [0.1, 0.15) is 11.6 Å². The summed E-state index contributed by atoms with van der Waals surface area (Å²) in [7, 11) is 1.62. The van der Waals surface area contributed by atoms with Gasteiger partial charge < -0.3 is 9.64 Å². The first-order valence-corrected chi connectivity index (χ1v) is 7.49. The van der Waals surface area contributed by atoms with Crippen LogP contribution in [-0.4, -0.2) is 26.4 Å². The van der Waals surface area contributed by atoms with Crippen molar-refractivity contribution in [3.63, 3.8) is 0 Å². The number of hydrogen-bond donors (Lipinski definition) is 0. The van der Waals surface area contributed by atoms with Crippen molar-refractivity contribution in [3.8, 4) is 5.75 Å². The zero-order chi connectivity index (χ0) is 15.4. The van der Waals surface area contributed by atoms with Crippen LogP contribution in [-0.2, 0) is 0 Å². The highest BCUT2D eigenvalue weighted by atomic mass is 19.1. The average Bonchev–Trinajstić information content (AvgIpc) is 3.07. The lowest BCUT2D eigenvalue weighted by atomic mass is 10.2. The van der Waals surface area contributed by atoms with Gasteiger partial charge in [0, 0.05) is 25.4 Å². The van der Waals surface area contributed by atoms with E-state index in [0.29, 0.717) is 5.69 Å². The van der Waals surface area contributed by atoms with Crippen LogP contribution in [0.5, 0.6) is 5.75 Å². The molecule has 114 valence electrons. The molecular weight excluding hydrogens is 279 g/mol. The summed E-state index contributed by atoms with van der Waals surface area (Å²) >= 11 is 0. The first kappa shape index (κ1) is 14.6. The maximum Gasteiger partial charge on any atom is 0.147 e. The summed E-state index contributed by atoms with van der Waals surface area (Å²) in [5.41, 5.74) is 2.22. The lowest BCUT2D eigenvalue weighted by Gasteiger charge is -2.18. The molecule has 0 spiro atoms. The Kier molecular flexibility index (Phi) is 4.37. The fraction of sp³-hybridized carbons (Fsp3) is 0.278. The molecule has 0 radical (unpaired) electrons. The summed E-state index contributed by atoms with van der Waals surface area (Å²) in [5, 5.41) is 0. The molecule has 0 saturated carbocycles. The Morgan fingerprint density at radius 3 is 2.68 bits per heavy atom. The van der Waals surface area contributed by atoms with Crippen LogP contribution in [0.15, 0.2) is 47.5 Å². The molecule has 0 N–H and O–H groups in total. The summed E-state index contributed by atoms with van der Waals surface area (Å²) in [4.78, 5) is 6.46. The van der Waals surface area contributed by atoms with E-state index < -0.39 is 0 Å². The second kappa shape index (κ2) is 6.60. The van der Waals surface area contributed by atoms with Crippen molar-refractivity contribution < 1.29 is 9.13 Å². The van der Waals surface area contributed by atoms with E-state index in [4.69, 9.17) is 4.74 Å². The summed E-state index contributed by atoms with van der Waals surface area (Å²) in [6.45, 7) is 1.88. The minimum Gasteiger partial charge on any atom is -0.497 e. The molecule has 1 saturated heterocycles. The molecule has 0 atom stereocenters. The van der Waals surface area contributed by atoms with Crippen LogP contribution in [0.2, 0.25) is 0 Å². The van der Waals surface area contributed by atoms with Gasteiger partial charge in [-0.25, -0.2) is 4.39 Å². The zero-order valence-corrected chi connectivity index (χ0v) is 12.6. The summed E-state index contributed by atoms with van der Waals surface area (Å²) in [6, 6.07) is 12.7. The van der Waals surface area contributed by atoms with Gasteiger partial charge in [0.15, 0.2) is 0 Å². The minimum absolute atomic E-state index is 0.184. The molecule has 3 rings (SSSR count). The molecule has 22 heavy (non-hydrogen) atoms. The van der Waals surface area contributed by atoms with Crippen molar-refractivity contribution in [2.75, 3.05) is 25.1 Å². The van der Waals surface area contributed by atoms with Gasteiger partial charge in [-0.05, 0) is 42.7 Å². The predicted molar refractivity (Wildman–Crippen MR) is 88.1 cm³/mol. The fourth-order valence-corrected chi connectivity index (χ4v) is 2.66. The highest BCUT2D eigenvalue weighted by molar-refractivity contribution is 5.82. The normalized spacial score (nSPS) is 14.7. The minimum atomic E-state index is -0.184. The summed E-state index contributed by atoms with van der Waals surface area (Å²) in [6.07, 6.45) is 3.95. The van der Waals surface area contributed by atoms with E-state index >= 15 is 0 Å². The van der Waals surface area contributed by atoms with Crippen LogP contribution < -0.4 is 9.64 Å². The summed E-state index contributed by atoms with van der Waals surface area (Å²) in [5.74, 6) is 0.571. The lowest BCUT2D eigenvalue weighted by molar-refractivity contribution is 0.415. The molecule has 1 fully saturated rings. The number of ether oxygens (including phenoxy) is 1. The number of rotatable bonds is 4. The first-order chi connectivity index (χ1) is 10.8. The van der Waals surface area contributed by atoms with E-state index in [0.717, 1.165) is 42.9 Å². The molecule has 0 aromatic heterocycles. The molecule has 0 unspecified atom stereocenters. The first-order valence-electron chi connectivity index (χ1n) is 7.49. The number of benzene rings is 2. The SMILES string of the molecule is COc1cccc(N=Cc2ccc(N3CCCC3)c(F)c2)c1. The largest absolute Gasteiger partial charge is 0.497 e. The average molecular weight is 298 g/mol. The molecule has 0 bridgehead atoms. The molecule has 1 heterocycles. The molecular formula is C18H19FN2O. The zero-order valence-electron chi connectivity index (χ0n) is 12.6. The highest BCUT2D eigenvalue weighted by Gasteiger charge is 2.15. The van der Waals surface area contributed by atoms with Gasteiger partial charge in [0.2, 0.25) is 0 Å². The molecule has 2 aromatic carbocycles. The fourth-order valence-electron chi connectivity index (χ4n) is 2.66. The number of methoxy groups -OCH3 is 1. The Labute approximate surface area is 130 Å². The predicted octanol–water partition coefficient (Wildman–Crippen LogP) is 4.19. The van der Waals surface area contributed by atoms with Crippen molar-refractivity contribution in [1.29, 1.82) is 0 Å². The van der Waals surface area contributed by atoms with E-state index in [1.165, 1.54) is 6.07 Å². The number of hydrogen-bond acceptors (Lipinski definition) is 3. The topological polar surface area (TPSA) is 24.8 Å². The number of halogens is 1. The molecule has 0 aliphatic carbocycles. The van der Waals surface area contributed by atoms with E-state index in [1.54, 1.807) is 13.3 Å². The monoisotopic (exact) mass is 298 g/mol. The standard InChI is InChI=1S/C18H19FN2O/c1-22-16-6-4-5-15(12-16)20-13-14-7-8-18(17(19)11-14)21-9-2-3-10-21/h4-8,11-13H,2-3,9-10H2,1H3. The van der Waals surface area contributed by atoms with Crippen molar-refractivity contribution in [3.05, 3.63) is 53.8 Å². The maximum absolute atomic E-state index is 14.2. The van der Waals surface area contributed by atoms with E-state index in [1.807, 2.05) is 36.4 Å². The van der Waals surface area contributed by atoms with E-state index in [-0.39, 0.29) is 5.82 Å². The van der Waals surface area contributed by atoms with Gasteiger partial charge in [-0.2, -0.15) is 0 Å². The van der Waals surface area contributed by atoms with Crippen LogP contribution in [0, 0.1) is 5.82 Å². The second-order valence-electron chi connectivity index (χ2n) is 5.36. The Morgan fingerprint density at radius 2 is 1.95 bits per heavy atom. The molecule has 1 aliphatic rings. The third kappa shape index (κ3) is 3.27. The summed E-state index contributed by atoms with van der Waals surface area (Å²) < 4.78 is 19.4. The van der Waals surface area contributed by atoms with Crippen LogP contribution in [0.25, 0.3) is 0 Å². The molecule has 1 aliphatic heterocycles. The van der Waals surface area contributed by atoms with E-state index in [2.05, 4.69) is 9.89 Å². The lowest BCUT2D eigenvalue weighted by Crippen LogP contribution is -2.18. The highest BCUT2D eigenvalue weighted by Crippen LogP contribution is 2.24. The van der Waals surface area contributed by atoms with Crippen LogP contribution >= 0.6 is 0 Å². The van der Waals surface area contributed by atoms with Gasteiger partial charge >= 0.3 is 0 Å². The molecule has 0 amide bonds. The van der Waals surface area contributed by atoms with Gasteiger partial charge in [-0.1, -0.05) is 12.1 Å². The van der Waals surface area contributed by atoms with Crippen LogP contribution in [0.3, 0.4) is 0 Å². The van der Waals surface area contributed by atoms with Crippen LogP contribution in [0.1, 0.15) is 18.4 Å². The van der Waals surface area contributed by atoms with Crippen molar-refractivity contribution in [2.45, 2.75) is 12.8 Å². The van der Waals surface area contributed by atoms with Gasteiger partial charge in [0.05, 0.1) is 18.5 Å². The maximum atomic E-state index is 14.2. The number of nitrogens with zero attached hydrogens (tertiary/aromatic N) is 2. The molecule has 2 aromatic rings. The van der Waals surface area contributed by atoms with Gasteiger partial charge in [-0.15, -0.1) is 0 Å². The third-order valence-electron chi connectivity index (χ3n) is 3.83. The van der Waals surface area contributed by atoms with Crippen molar-refractivity contribution in [2.24, 2.45) is 4.99 Å². The Balaban J connectivity index is 1.77. The smallest absolute Gasteiger partial charge is 0.147 e. The Hall–Kier alpha value is -2.36. The molecule has 3 nitrogen and oxygen atoms in total. The van der Waals surface area contributed by atoms with Crippen molar-refractivity contribution in [1.82, 2.24) is 0 Å².